The molecule has 0 saturated carbocycles. The lowest BCUT2D eigenvalue weighted by atomic mass is 10.1. The molecule has 1 unspecified atom stereocenters. The van der Waals surface area contributed by atoms with Crippen LogP contribution in [0.25, 0.3) is 0 Å². The predicted molar refractivity (Wildman–Crippen MR) is 58.7 cm³/mol. The molecule has 1 heterocycles. The molecule has 0 saturated heterocycles. The Morgan fingerprint density at radius 2 is 2.21 bits per heavy atom. The van der Waals surface area contributed by atoms with Gasteiger partial charge in [-0.25, -0.2) is 0 Å². The van der Waals surface area contributed by atoms with Crippen molar-refractivity contribution in [3.05, 3.63) is 21.7 Å². The molecule has 0 radical (unpaired) electrons. The highest BCUT2D eigenvalue weighted by molar-refractivity contribution is 7.99. The van der Waals surface area contributed by atoms with Gasteiger partial charge in [-0.1, -0.05) is 23.2 Å². The molecule has 1 atom stereocenters. The Bertz CT molecular complexity index is 382. The lowest BCUT2D eigenvalue weighted by Gasteiger charge is -2.10. The van der Waals surface area contributed by atoms with E-state index in [1.807, 2.05) is 0 Å². The maximum absolute atomic E-state index is 9.64. The third-order valence-corrected chi connectivity index (χ3v) is 4.29. The van der Waals surface area contributed by atoms with E-state index >= 15 is 0 Å². The highest BCUT2D eigenvalue weighted by Gasteiger charge is 2.26. The molecule has 0 bridgehead atoms. The van der Waals surface area contributed by atoms with E-state index in [4.69, 9.17) is 27.9 Å². The van der Waals surface area contributed by atoms with Crippen LogP contribution in [-0.2, 0) is 0 Å². The van der Waals surface area contributed by atoms with Crippen LogP contribution in [0.4, 0.5) is 0 Å². The van der Waals surface area contributed by atoms with Gasteiger partial charge in [0, 0.05) is 16.2 Å². The number of ether oxygens (including phenoxy) is 1. The molecule has 0 amide bonds. The molecule has 1 aliphatic heterocycles. The van der Waals surface area contributed by atoms with Crippen molar-refractivity contribution in [2.24, 2.45) is 0 Å². The van der Waals surface area contributed by atoms with Crippen molar-refractivity contribution in [1.82, 2.24) is 0 Å². The Hall–Kier alpha value is -0.0900. The van der Waals surface area contributed by atoms with E-state index < -0.39 is 6.10 Å². The number of halogens is 2. The first-order chi connectivity index (χ1) is 6.65. The second kappa shape index (κ2) is 3.81. The summed E-state index contributed by atoms with van der Waals surface area (Å²) in [5, 5.41) is 10.5. The first kappa shape index (κ1) is 10.4. The third kappa shape index (κ3) is 1.48. The van der Waals surface area contributed by atoms with E-state index in [2.05, 4.69) is 0 Å². The van der Waals surface area contributed by atoms with Gasteiger partial charge in [-0.2, -0.15) is 0 Å². The summed E-state index contributed by atoms with van der Waals surface area (Å²) in [5.41, 5.74) is 0.807. The van der Waals surface area contributed by atoms with E-state index in [0.717, 1.165) is 10.5 Å². The van der Waals surface area contributed by atoms with E-state index in [9.17, 15) is 5.11 Å². The van der Waals surface area contributed by atoms with Crippen molar-refractivity contribution in [3.8, 4) is 5.75 Å². The quantitative estimate of drug-likeness (QED) is 0.831. The largest absolute Gasteiger partial charge is 0.495 e. The number of benzene rings is 1. The molecule has 2 rings (SSSR count). The molecule has 1 N–H and O–H groups in total. The minimum Gasteiger partial charge on any atom is -0.495 e. The minimum atomic E-state index is -0.473. The zero-order chi connectivity index (χ0) is 10.3. The summed E-state index contributed by atoms with van der Waals surface area (Å²) < 4.78 is 5.06. The van der Waals surface area contributed by atoms with Crippen molar-refractivity contribution in [2.45, 2.75) is 11.0 Å². The van der Waals surface area contributed by atoms with Gasteiger partial charge in [0.15, 0.2) is 0 Å². The second-order valence-corrected chi connectivity index (χ2v) is 4.74. The topological polar surface area (TPSA) is 29.5 Å². The summed E-state index contributed by atoms with van der Waals surface area (Å²) in [5.74, 6) is 1.13. The van der Waals surface area contributed by atoms with E-state index in [1.54, 1.807) is 6.07 Å². The summed E-state index contributed by atoms with van der Waals surface area (Å²) in [6, 6.07) is 1.74. The number of hydrogen-bond acceptors (Lipinski definition) is 3. The van der Waals surface area contributed by atoms with Crippen LogP contribution in [-0.4, -0.2) is 18.0 Å². The number of methoxy groups -OCH3 is 1. The highest BCUT2D eigenvalue weighted by atomic mass is 35.5. The van der Waals surface area contributed by atoms with Gasteiger partial charge in [0.25, 0.3) is 0 Å². The average molecular weight is 251 g/mol. The van der Waals surface area contributed by atoms with E-state index in [1.165, 1.54) is 18.9 Å². The van der Waals surface area contributed by atoms with Crippen molar-refractivity contribution < 1.29 is 9.84 Å². The third-order valence-electron chi connectivity index (χ3n) is 2.12. The highest BCUT2D eigenvalue weighted by Crippen LogP contribution is 2.48. The Labute approximate surface area is 96.2 Å². The van der Waals surface area contributed by atoms with Gasteiger partial charge in [-0.15, -0.1) is 11.8 Å². The Balaban J connectivity index is 2.62. The smallest absolute Gasteiger partial charge is 0.139 e. The molecule has 5 heteroatoms. The number of thioether (sulfide) groups is 1. The molecule has 1 aromatic rings. The van der Waals surface area contributed by atoms with Gasteiger partial charge in [-0.3, -0.25) is 0 Å². The van der Waals surface area contributed by atoms with Crippen LogP contribution < -0.4 is 4.74 Å². The number of aliphatic hydroxyl groups is 1. The summed E-state index contributed by atoms with van der Waals surface area (Å²) in [7, 11) is 1.53. The van der Waals surface area contributed by atoms with Crippen LogP contribution in [0.1, 0.15) is 11.7 Å². The van der Waals surface area contributed by atoms with Crippen LogP contribution in [0.3, 0.4) is 0 Å². The summed E-state index contributed by atoms with van der Waals surface area (Å²) in [6.07, 6.45) is -0.473. The van der Waals surface area contributed by atoms with Crippen LogP contribution in [0.5, 0.6) is 5.75 Å². The standard InChI is InChI=1S/C9H8Cl2O2S/c1-13-6-2-4-5(12)3-14-9(4)8(11)7(6)10/h2,5,12H,3H2,1H3. The Kier molecular flexibility index (Phi) is 2.84. The molecule has 0 aromatic heterocycles. The molecule has 0 spiro atoms. The fraction of sp³-hybridized carbons (Fsp3) is 0.333. The molecule has 14 heavy (non-hydrogen) atoms. The lowest BCUT2D eigenvalue weighted by Crippen LogP contribution is -1.95. The fourth-order valence-electron chi connectivity index (χ4n) is 1.40. The van der Waals surface area contributed by atoms with Crippen molar-refractivity contribution in [3.63, 3.8) is 0 Å². The Morgan fingerprint density at radius 1 is 1.50 bits per heavy atom. The lowest BCUT2D eigenvalue weighted by molar-refractivity contribution is 0.204. The van der Waals surface area contributed by atoms with Crippen molar-refractivity contribution in [2.75, 3.05) is 12.9 Å². The number of rotatable bonds is 1. The van der Waals surface area contributed by atoms with Crippen LogP contribution in [0, 0.1) is 0 Å². The van der Waals surface area contributed by atoms with Gasteiger partial charge in [-0.05, 0) is 6.07 Å². The van der Waals surface area contributed by atoms with Gasteiger partial charge < -0.3 is 9.84 Å². The molecule has 1 aliphatic rings. The maximum Gasteiger partial charge on any atom is 0.139 e. The zero-order valence-corrected chi connectivity index (χ0v) is 9.71. The molecule has 0 aliphatic carbocycles. The van der Waals surface area contributed by atoms with Crippen LogP contribution in [0.2, 0.25) is 10.0 Å². The Morgan fingerprint density at radius 3 is 2.86 bits per heavy atom. The number of hydrogen-bond donors (Lipinski definition) is 1. The summed E-state index contributed by atoms with van der Waals surface area (Å²) >= 11 is 13.5. The molecule has 0 fully saturated rings. The number of fused-ring (bicyclic) bond motifs is 1. The molecular formula is C9H8Cl2O2S. The van der Waals surface area contributed by atoms with E-state index in [-0.39, 0.29) is 0 Å². The van der Waals surface area contributed by atoms with Crippen LogP contribution >= 0.6 is 35.0 Å². The first-order valence-corrected chi connectivity index (χ1v) is 5.76. The van der Waals surface area contributed by atoms with Crippen molar-refractivity contribution >= 4 is 35.0 Å². The van der Waals surface area contributed by atoms with E-state index in [0.29, 0.717) is 21.5 Å². The average Bonchev–Trinajstić information content (AvgIpc) is 2.54. The molecular weight excluding hydrogens is 243 g/mol. The first-order valence-electron chi connectivity index (χ1n) is 4.02. The summed E-state index contributed by atoms with van der Waals surface area (Å²) in [6.45, 7) is 0. The van der Waals surface area contributed by atoms with Gasteiger partial charge in [0.05, 0.1) is 18.2 Å². The maximum atomic E-state index is 9.64. The molecule has 2 nitrogen and oxygen atoms in total. The molecule has 1 aromatic carbocycles. The van der Waals surface area contributed by atoms with Gasteiger partial charge in [0.1, 0.15) is 10.8 Å². The van der Waals surface area contributed by atoms with Crippen LogP contribution in [0.15, 0.2) is 11.0 Å². The number of aliphatic hydroxyl groups excluding tert-OH is 1. The van der Waals surface area contributed by atoms with Gasteiger partial charge >= 0.3 is 0 Å². The zero-order valence-electron chi connectivity index (χ0n) is 7.38. The normalized spacial score (nSPS) is 19.6. The SMILES string of the molecule is COc1cc2c(c(Cl)c1Cl)SCC2O. The predicted octanol–water partition coefficient (Wildman–Crippen LogP) is 3.14. The van der Waals surface area contributed by atoms with Gasteiger partial charge in [0.2, 0.25) is 0 Å². The monoisotopic (exact) mass is 250 g/mol. The summed E-state index contributed by atoms with van der Waals surface area (Å²) in [4.78, 5) is 0.866. The molecule has 76 valence electrons. The fourth-order valence-corrected chi connectivity index (χ4v) is 3.14. The second-order valence-electron chi connectivity index (χ2n) is 2.95. The van der Waals surface area contributed by atoms with Crippen molar-refractivity contribution in [1.29, 1.82) is 0 Å². The minimum absolute atomic E-state index is 0.412.